The zero-order valence-corrected chi connectivity index (χ0v) is 26.5. The smallest absolute Gasteiger partial charge is 0.300 e. The lowest BCUT2D eigenvalue weighted by molar-refractivity contribution is -0.134. The molecule has 0 saturated carbocycles. The van der Waals surface area contributed by atoms with Gasteiger partial charge in [-0.15, -0.1) is 0 Å². The second kappa shape index (κ2) is 14.2. The Morgan fingerprint density at radius 1 is 0.667 bits per heavy atom. The number of carboxylic acid groups (broad SMARTS) is 1. The maximum absolute atomic E-state index is 12.0. The van der Waals surface area contributed by atoms with Crippen molar-refractivity contribution in [2.24, 2.45) is 0 Å². The molecule has 0 aliphatic heterocycles. The van der Waals surface area contributed by atoms with Gasteiger partial charge in [0.2, 0.25) is 0 Å². The number of fused-ring (bicyclic) bond motifs is 2. The molecule has 0 radical (unpaired) electrons. The van der Waals surface area contributed by atoms with Gasteiger partial charge in [-0.1, -0.05) is 39.8 Å². The van der Waals surface area contributed by atoms with Gasteiger partial charge in [0.05, 0.1) is 11.1 Å². The summed E-state index contributed by atoms with van der Waals surface area (Å²) in [5, 5.41) is 81.4. The normalized spacial score (nSPS) is 10.8. The number of aryl methyl sites for hydroxylation is 2. The van der Waals surface area contributed by atoms with Crippen LogP contribution in [0.25, 0.3) is 32.7 Å². The third-order valence-electron chi connectivity index (χ3n) is 7.22. The van der Waals surface area contributed by atoms with Crippen LogP contribution in [0, 0.1) is 13.8 Å². The number of rotatable bonds is 5. The van der Waals surface area contributed by atoms with Crippen LogP contribution < -0.4 is 0 Å². The summed E-state index contributed by atoms with van der Waals surface area (Å²) in [5.41, 5.74) is 1.33. The van der Waals surface area contributed by atoms with Crippen molar-refractivity contribution in [2.75, 3.05) is 6.61 Å². The highest BCUT2D eigenvalue weighted by molar-refractivity contribution is 6.14. The van der Waals surface area contributed by atoms with E-state index in [2.05, 4.69) is 0 Å². The van der Waals surface area contributed by atoms with Crippen LogP contribution in [-0.2, 0) is 4.79 Å². The van der Waals surface area contributed by atoms with Crippen molar-refractivity contribution in [1.82, 2.24) is 0 Å². The molecule has 4 aromatic carbocycles. The van der Waals surface area contributed by atoms with E-state index in [0.29, 0.717) is 45.6 Å². The van der Waals surface area contributed by atoms with Gasteiger partial charge < -0.3 is 40.9 Å². The molecule has 4 aromatic rings. The predicted octanol–water partition coefficient (Wildman–Crippen LogP) is 6.47. The van der Waals surface area contributed by atoms with Gasteiger partial charge in [-0.05, 0) is 54.5 Å². The number of benzene rings is 4. The van der Waals surface area contributed by atoms with E-state index < -0.39 is 40.5 Å². The Hall–Kier alpha value is -5.03. The number of aldehydes is 2. The summed E-state index contributed by atoms with van der Waals surface area (Å²) in [4.78, 5) is 33.0. The van der Waals surface area contributed by atoms with Crippen LogP contribution in [-0.4, -0.2) is 66.0 Å². The van der Waals surface area contributed by atoms with Crippen LogP contribution in [0.2, 0.25) is 0 Å². The number of phenolic OH excluding ortho intramolecular Hbond substituents is 6. The van der Waals surface area contributed by atoms with E-state index >= 15 is 0 Å². The molecule has 11 heteroatoms. The van der Waals surface area contributed by atoms with Gasteiger partial charge in [-0.25, -0.2) is 0 Å². The Bertz CT molecular complexity index is 1670. The minimum atomic E-state index is -0.833. The number of phenols is 6. The van der Waals surface area contributed by atoms with E-state index in [1.54, 1.807) is 60.6 Å². The van der Waals surface area contributed by atoms with Crippen molar-refractivity contribution in [3.05, 3.63) is 45.5 Å². The van der Waals surface area contributed by atoms with E-state index in [9.17, 15) is 40.2 Å². The maximum atomic E-state index is 12.0. The van der Waals surface area contributed by atoms with Gasteiger partial charge in [0.1, 0.15) is 11.5 Å². The highest BCUT2D eigenvalue weighted by atomic mass is 16.4. The Labute approximate surface area is 260 Å². The second-order valence-corrected chi connectivity index (χ2v) is 11.1. The summed E-state index contributed by atoms with van der Waals surface area (Å²) in [6, 6.07) is 3.31. The lowest BCUT2D eigenvalue weighted by Crippen LogP contribution is -2.01. The fraction of sp³-hybridized carbons (Fsp3) is 0.324. The first-order valence-electron chi connectivity index (χ1n) is 14.1. The van der Waals surface area contributed by atoms with Crippen molar-refractivity contribution < 1.29 is 55.2 Å². The molecule has 0 bridgehead atoms. The van der Waals surface area contributed by atoms with Gasteiger partial charge >= 0.3 is 0 Å². The first-order chi connectivity index (χ1) is 20.9. The summed E-state index contributed by atoms with van der Waals surface area (Å²) in [5.74, 6) is -4.41. The number of carbonyl (C=O) groups excluding carboxylic acids is 2. The molecular weight excluding hydrogens is 584 g/mol. The highest BCUT2D eigenvalue weighted by Crippen LogP contribution is 2.54. The number of hydrogen-bond acceptors (Lipinski definition) is 10. The SMILES string of the molecule is CC(=O)O.CCO.Cc1cc2c(C(C)C)c(O)c(O)c(C=O)c2c(O)c1-c1c(C)cc2c(C(C)C)c(O)c(O)c(C=O)c2c1O. The molecule has 242 valence electrons. The minimum absolute atomic E-state index is 0.00512. The molecule has 11 nitrogen and oxygen atoms in total. The molecule has 0 amide bonds. The number of hydrogen-bond donors (Lipinski definition) is 8. The van der Waals surface area contributed by atoms with Crippen molar-refractivity contribution in [3.8, 4) is 45.6 Å². The number of aliphatic hydroxyl groups is 1. The number of aliphatic carboxylic acids is 1. The van der Waals surface area contributed by atoms with Crippen LogP contribution in [0.15, 0.2) is 12.1 Å². The molecule has 0 atom stereocenters. The molecule has 4 rings (SSSR count). The second-order valence-electron chi connectivity index (χ2n) is 11.1. The molecule has 0 saturated heterocycles. The molecule has 0 aliphatic carbocycles. The van der Waals surface area contributed by atoms with Crippen molar-refractivity contribution in [3.63, 3.8) is 0 Å². The fourth-order valence-electron chi connectivity index (χ4n) is 5.60. The van der Waals surface area contributed by atoms with Gasteiger partial charge in [0.15, 0.2) is 35.6 Å². The molecule has 8 N–H and O–H groups in total. The van der Waals surface area contributed by atoms with Crippen molar-refractivity contribution >= 4 is 40.1 Å². The van der Waals surface area contributed by atoms with E-state index in [-0.39, 0.29) is 51.5 Å². The third kappa shape index (κ3) is 6.44. The first kappa shape index (κ1) is 36.2. The molecule has 0 fully saturated rings. The highest BCUT2D eigenvalue weighted by Gasteiger charge is 2.29. The molecule has 0 aromatic heterocycles. The van der Waals surface area contributed by atoms with Gasteiger partial charge in [0.25, 0.3) is 5.97 Å². The Morgan fingerprint density at radius 3 is 1.16 bits per heavy atom. The summed E-state index contributed by atoms with van der Waals surface area (Å²) < 4.78 is 0. The lowest BCUT2D eigenvalue weighted by Gasteiger charge is -2.23. The lowest BCUT2D eigenvalue weighted by atomic mass is 9.83. The van der Waals surface area contributed by atoms with Crippen LogP contribution in [0.3, 0.4) is 0 Å². The topological polar surface area (TPSA) is 213 Å². The zero-order chi connectivity index (χ0) is 34.7. The van der Waals surface area contributed by atoms with Crippen LogP contribution in [0.1, 0.15) is 96.3 Å². The molecule has 0 unspecified atom stereocenters. The van der Waals surface area contributed by atoms with Gasteiger partial charge in [-0.3, -0.25) is 14.4 Å². The molecular formula is C34H40O11. The predicted molar refractivity (Wildman–Crippen MR) is 171 cm³/mol. The molecule has 0 aliphatic rings. The average Bonchev–Trinajstić information content (AvgIpc) is 2.92. The fourth-order valence-corrected chi connectivity index (χ4v) is 5.60. The van der Waals surface area contributed by atoms with E-state index in [4.69, 9.17) is 15.0 Å². The summed E-state index contributed by atoms with van der Waals surface area (Å²) >= 11 is 0. The summed E-state index contributed by atoms with van der Waals surface area (Å²) in [6.45, 7) is 13.6. The van der Waals surface area contributed by atoms with E-state index in [1.165, 1.54) is 0 Å². The van der Waals surface area contributed by atoms with E-state index in [1.807, 2.05) is 0 Å². The Kier molecular flexibility index (Phi) is 11.4. The number of carboxylic acids is 1. The monoisotopic (exact) mass is 624 g/mol. The van der Waals surface area contributed by atoms with Crippen LogP contribution in [0.5, 0.6) is 34.5 Å². The van der Waals surface area contributed by atoms with Gasteiger partial charge in [0, 0.05) is 46.6 Å². The third-order valence-corrected chi connectivity index (χ3v) is 7.22. The largest absolute Gasteiger partial charge is 0.507 e. The molecule has 45 heavy (non-hydrogen) atoms. The number of carbonyl (C=O) groups is 3. The average molecular weight is 625 g/mol. The van der Waals surface area contributed by atoms with E-state index in [0.717, 1.165) is 6.92 Å². The standard InChI is InChI=1S/C30H30O8.C2H4O2.C2H6O/c1-11(2)19-15-7-13(5)21(27(35)23(15)17(9-31)25(33)29(19)37)22-14(6)8-16-20(12(3)4)30(38)26(34)18(10-32)24(16)28(22)36;1-2(3)4;1-2-3/h7-12,33-38H,1-6H3;1H3,(H,3,4);3H,2H2,1H3. The zero-order valence-electron chi connectivity index (χ0n) is 26.5. The van der Waals surface area contributed by atoms with Crippen molar-refractivity contribution in [1.29, 1.82) is 0 Å². The van der Waals surface area contributed by atoms with Gasteiger partial charge in [-0.2, -0.15) is 0 Å². The van der Waals surface area contributed by atoms with Crippen LogP contribution in [0.4, 0.5) is 0 Å². The number of aliphatic hydroxyl groups excluding tert-OH is 1. The quantitative estimate of drug-likeness (QED) is 0.0889. The molecule has 0 spiro atoms. The van der Waals surface area contributed by atoms with Crippen LogP contribution >= 0.6 is 0 Å². The Balaban J connectivity index is 0.000000917. The number of aromatic hydroxyl groups is 6. The summed E-state index contributed by atoms with van der Waals surface area (Å²) in [6.07, 6.45) is 0.682. The summed E-state index contributed by atoms with van der Waals surface area (Å²) in [7, 11) is 0. The Morgan fingerprint density at radius 2 is 0.933 bits per heavy atom. The van der Waals surface area contributed by atoms with Crippen molar-refractivity contribution in [2.45, 2.75) is 67.2 Å². The first-order valence-corrected chi connectivity index (χ1v) is 14.1. The molecule has 0 heterocycles. The maximum Gasteiger partial charge on any atom is 0.300 e. The minimum Gasteiger partial charge on any atom is -0.507 e.